The summed E-state index contributed by atoms with van der Waals surface area (Å²) < 4.78 is 0. The molecule has 0 saturated heterocycles. The third kappa shape index (κ3) is 1.98. The van der Waals surface area contributed by atoms with Crippen LogP contribution < -0.4 is 0 Å². The van der Waals surface area contributed by atoms with Crippen LogP contribution in [0.4, 0.5) is 0 Å². The van der Waals surface area contributed by atoms with Crippen molar-refractivity contribution in [2.75, 3.05) is 34.9 Å². The number of hydrogen-bond acceptors (Lipinski definition) is 4. The zero-order valence-electron chi connectivity index (χ0n) is 8.15. The van der Waals surface area contributed by atoms with Crippen molar-refractivity contribution in [3.63, 3.8) is 0 Å². The summed E-state index contributed by atoms with van der Waals surface area (Å²) in [7, 11) is 7.99. The lowest BCUT2D eigenvalue weighted by atomic mass is 10.4. The second-order valence-electron chi connectivity index (χ2n) is 3.15. The molecule has 0 aromatic carbocycles. The molecule has 0 aromatic heterocycles. The van der Waals surface area contributed by atoms with Gasteiger partial charge in [0.25, 0.3) is 0 Å². The SMILES string of the molecule is CN(C)C1=NCN(N(C)C)C=C1. The van der Waals surface area contributed by atoms with Gasteiger partial charge in [-0.1, -0.05) is 0 Å². The maximum atomic E-state index is 4.37. The maximum absolute atomic E-state index is 4.37. The molecule has 12 heavy (non-hydrogen) atoms. The van der Waals surface area contributed by atoms with Gasteiger partial charge in [-0.25, -0.2) is 10.0 Å². The summed E-state index contributed by atoms with van der Waals surface area (Å²) in [5, 5.41) is 4.04. The molecule has 68 valence electrons. The topological polar surface area (TPSA) is 22.1 Å². The quantitative estimate of drug-likeness (QED) is 0.559. The van der Waals surface area contributed by atoms with Gasteiger partial charge < -0.3 is 4.90 Å². The van der Waals surface area contributed by atoms with Gasteiger partial charge in [-0.3, -0.25) is 5.01 Å². The third-order valence-corrected chi connectivity index (χ3v) is 1.75. The summed E-state index contributed by atoms with van der Waals surface area (Å²) in [6.45, 7) is 0.705. The smallest absolute Gasteiger partial charge is 0.126 e. The number of likely N-dealkylation sites (N-methyl/N-ethyl adjacent to an activating group) is 1. The van der Waals surface area contributed by atoms with Crippen molar-refractivity contribution in [3.8, 4) is 0 Å². The Labute approximate surface area is 73.7 Å². The summed E-state index contributed by atoms with van der Waals surface area (Å²) in [5.41, 5.74) is 0. The van der Waals surface area contributed by atoms with Crippen LogP contribution in [0.5, 0.6) is 0 Å². The molecular weight excluding hydrogens is 152 g/mol. The van der Waals surface area contributed by atoms with Gasteiger partial charge in [0.2, 0.25) is 0 Å². The highest BCUT2D eigenvalue weighted by atomic mass is 15.6. The van der Waals surface area contributed by atoms with Crippen LogP contribution in [-0.4, -0.2) is 55.6 Å². The number of hydrazine groups is 1. The van der Waals surface area contributed by atoms with Crippen LogP contribution >= 0.6 is 0 Å². The molecule has 0 amide bonds. The van der Waals surface area contributed by atoms with E-state index < -0.39 is 0 Å². The second-order valence-corrected chi connectivity index (χ2v) is 3.15. The zero-order chi connectivity index (χ0) is 9.14. The Balaban J connectivity index is 2.55. The number of rotatable bonds is 1. The molecule has 1 aliphatic rings. The summed E-state index contributed by atoms with van der Waals surface area (Å²) >= 11 is 0. The largest absolute Gasteiger partial charge is 0.363 e. The minimum atomic E-state index is 0.705. The Bertz CT molecular complexity index is 205. The van der Waals surface area contributed by atoms with Gasteiger partial charge in [-0.2, -0.15) is 0 Å². The molecule has 1 heterocycles. The number of aliphatic imine (C=N–C) groups is 1. The van der Waals surface area contributed by atoms with Crippen molar-refractivity contribution < 1.29 is 0 Å². The fourth-order valence-electron chi connectivity index (χ4n) is 0.948. The van der Waals surface area contributed by atoms with E-state index in [4.69, 9.17) is 0 Å². The van der Waals surface area contributed by atoms with Gasteiger partial charge in [0.05, 0.1) is 0 Å². The first kappa shape index (κ1) is 9.06. The average Bonchev–Trinajstić information content (AvgIpc) is 2.04. The summed E-state index contributed by atoms with van der Waals surface area (Å²) in [6.07, 6.45) is 4.03. The first-order valence-corrected chi connectivity index (χ1v) is 3.95. The molecule has 0 N–H and O–H groups in total. The lowest BCUT2D eigenvalue weighted by Crippen LogP contribution is -2.36. The van der Waals surface area contributed by atoms with Crippen molar-refractivity contribution in [3.05, 3.63) is 12.3 Å². The van der Waals surface area contributed by atoms with Gasteiger partial charge in [-0.15, -0.1) is 0 Å². The number of hydrogen-bond donors (Lipinski definition) is 0. The molecule has 1 rings (SSSR count). The number of nitrogens with zero attached hydrogens (tertiary/aromatic N) is 4. The Kier molecular flexibility index (Phi) is 2.70. The molecule has 0 unspecified atom stereocenters. The molecule has 0 saturated carbocycles. The van der Waals surface area contributed by atoms with E-state index in [1.165, 1.54) is 0 Å². The molecule has 4 heteroatoms. The molecule has 0 aliphatic carbocycles. The first-order chi connectivity index (χ1) is 5.61. The Morgan fingerprint density at radius 3 is 2.33 bits per heavy atom. The highest BCUT2D eigenvalue weighted by Gasteiger charge is 2.07. The predicted octanol–water partition coefficient (Wildman–Crippen LogP) is 0.210. The fourth-order valence-corrected chi connectivity index (χ4v) is 0.948. The minimum absolute atomic E-state index is 0.705. The van der Waals surface area contributed by atoms with Crippen LogP contribution in [-0.2, 0) is 0 Å². The molecule has 0 spiro atoms. The molecule has 1 aliphatic heterocycles. The van der Waals surface area contributed by atoms with E-state index in [9.17, 15) is 0 Å². The molecule has 0 aromatic rings. The van der Waals surface area contributed by atoms with E-state index in [2.05, 4.69) is 4.99 Å². The van der Waals surface area contributed by atoms with Crippen LogP contribution in [0.25, 0.3) is 0 Å². The molecule has 4 nitrogen and oxygen atoms in total. The minimum Gasteiger partial charge on any atom is -0.363 e. The summed E-state index contributed by atoms with van der Waals surface area (Å²) in [5.74, 6) is 1.02. The van der Waals surface area contributed by atoms with Crippen LogP contribution in [0.15, 0.2) is 17.3 Å². The molecule has 0 fully saturated rings. The van der Waals surface area contributed by atoms with Crippen molar-refractivity contribution in [2.45, 2.75) is 0 Å². The van der Waals surface area contributed by atoms with E-state index in [1.807, 2.05) is 55.4 Å². The Morgan fingerprint density at radius 2 is 2.00 bits per heavy atom. The Hall–Kier alpha value is -1.03. The maximum Gasteiger partial charge on any atom is 0.126 e. The third-order valence-electron chi connectivity index (χ3n) is 1.75. The zero-order valence-corrected chi connectivity index (χ0v) is 8.15. The lowest BCUT2D eigenvalue weighted by Gasteiger charge is -2.29. The highest BCUT2D eigenvalue weighted by molar-refractivity contribution is 5.92. The van der Waals surface area contributed by atoms with Gasteiger partial charge in [0.1, 0.15) is 12.5 Å². The van der Waals surface area contributed by atoms with Crippen LogP contribution in [0.2, 0.25) is 0 Å². The van der Waals surface area contributed by atoms with E-state index in [0.717, 1.165) is 5.84 Å². The van der Waals surface area contributed by atoms with E-state index in [-0.39, 0.29) is 0 Å². The summed E-state index contributed by atoms with van der Waals surface area (Å²) in [4.78, 5) is 6.38. The van der Waals surface area contributed by atoms with Crippen LogP contribution in [0.1, 0.15) is 0 Å². The van der Waals surface area contributed by atoms with Gasteiger partial charge in [-0.05, 0) is 6.08 Å². The standard InChI is InChI=1S/C8H16N4/c1-10(2)8-5-6-12(7-9-8)11(3)4/h5-6H,7H2,1-4H3. The fraction of sp³-hybridized carbons (Fsp3) is 0.625. The highest BCUT2D eigenvalue weighted by Crippen LogP contribution is 2.01. The summed E-state index contributed by atoms with van der Waals surface area (Å²) in [6, 6.07) is 0. The van der Waals surface area contributed by atoms with Crippen molar-refractivity contribution in [2.24, 2.45) is 4.99 Å². The number of amidine groups is 1. The van der Waals surface area contributed by atoms with Crippen LogP contribution in [0, 0.1) is 0 Å². The average molecular weight is 168 g/mol. The van der Waals surface area contributed by atoms with E-state index >= 15 is 0 Å². The van der Waals surface area contributed by atoms with E-state index in [1.54, 1.807) is 0 Å². The van der Waals surface area contributed by atoms with Gasteiger partial charge in [0, 0.05) is 34.4 Å². The predicted molar refractivity (Wildman–Crippen MR) is 50.7 cm³/mol. The molecule has 0 bridgehead atoms. The molecule has 0 radical (unpaired) electrons. The molecular formula is C8H16N4. The normalized spacial score (nSPS) is 16.8. The van der Waals surface area contributed by atoms with Crippen molar-refractivity contribution in [1.29, 1.82) is 0 Å². The first-order valence-electron chi connectivity index (χ1n) is 3.95. The van der Waals surface area contributed by atoms with Crippen LogP contribution in [0.3, 0.4) is 0 Å². The Morgan fingerprint density at radius 1 is 1.33 bits per heavy atom. The van der Waals surface area contributed by atoms with Crippen molar-refractivity contribution >= 4 is 5.84 Å². The lowest BCUT2D eigenvalue weighted by molar-refractivity contribution is 0.0845. The van der Waals surface area contributed by atoms with Gasteiger partial charge >= 0.3 is 0 Å². The monoisotopic (exact) mass is 168 g/mol. The van der Waals surface area contributed by atoms with Gasteiger partial charge in [0.15, 0.2) is 0 Å². The van der Waals surface area contributed by atoms with Crippen molar-refractivity contribution in [1.82, 2.24) is 14.9 Å². The molecule has 0 atom stereocenters. The van der Waals surface area contributed by atoms with E-state index in [0.29, 0.717) is 6.67 Å². The second kappa shape index (κ2) is 3.58.